The first kappa shape index (κ1) is 33.1. The molecule has 202 valence electrons. The van der Waals surface area contributed by atoms with Crippen LogP contribution < -0.4 is 73.3 Å². The third kappa shape index (κ3) is 8.21. The zero-order chi connectivity index (χ0) is 27.2. The minimum atomic E-state index is -2.63. The standard InChI is InChI=1S/C25H31F2N5O2S.C2H6.K/c1-14(35-22(32-28)7-4-15-12-25(15)8-9-25)31-24(33)17-6-5-16(29-2)10-18(17)19-11-20(23(26)27)30-13-21(19)34-3;1-2;/h5-6,10-11,13-15,20,22-23,30,32H,8-9,12,28H2,1-3H3,(H2,29,31,33);1-2H3;/q;;+1/p-1. The van der Waals surface area contributed by atoms with Gasteiger partial charge in [0.15, 0.2) is 0 Å². The normalized spacial score (nSPS) is 21.5. The number of methoxy groups -OCH3 is 1. The average Bonchev–Trinajstić information content (AvgIpc) is 3.84. The van der Waals surface area contributed by atoms with Crippen LogP contribution in [0.5, 0.6) is 0 Å². The van der Waals surface area contributed by atoms with Gasteiger partial charge in [-0.2, -0.15) is 0 Å². The number of halogens is 2. The van der Waals surface area contributed by atoms with Crippen LogP contribution in [0.1, 0.15) is 56.0 Å². The number of hydrogen-bond donors (Lipinski definition) is 4. The summed E-state index contributed by atoms with van der Waals surface area (Å²) in [6.07, 6.45) is 3.85. The first-order chi connectivity index (χ1) is 17.8. The molecule has 4 atom stereocenters. The summed E-state index contributed by atoms with van der Waals surface area (Å²) >= 11 is 1.40. The van der Waals surface area contributed by atoms with Gasteiger partial charge in [0, 0.05) is 23.3 Å². The number of alkyl halides is 2. The van der Waals surface area contributed by atoms with Gasteiger partial charge in [-0.25, -0.2) is 14.2 Å². The summed E-state index contributed by atoms with van der Waals surface area (Å²) in [6.45, 7) is 5.85. The van der Waals surface area contributed by atoms with Crippen molar-refractivity contribution in [1.29, 1.82) is 0 Å². The molecule has 1 aromatic rings. The van der Waals surface area contributed by atoms with E-state index in [0.717, 1.165) is 0 Å². The van der Waals surface area contributed by atoms with Crippen LogP contribution in [0.15, 0.2) is 36.2 Å². The number of nitrogens with one attached hydrogen (secondary N) is 3. The number of amides is 1. The van der Waals surface area contributed by atoms with Crippen LogP contribution in [0.2, 0.25) is 0 Å². The number of dihydropyridines is 1. The number of allylic oxidation sites excluding steroid dienone is 1. The van der Waals surface area contributed by atoms with Crippen molar-refractivity contribution in [3.8, 4) is 11.8 Å². The summed E-state index contributed by atoms with van der Waals surface area (Å²) in [7, 11) is 3.07. The van der Waals surface area contributed by atoms with Gasteiger partial charge in [0.05, 0.1) is 12.5 Å². The number of nitrogens with two attached hydrogens (primary N) is 1. The first-order valence-corrected chi connectivity index (χ1v) is 13.4. The third-order valence-corrected chi connectivity index (χ3v) is 7.65. The topological polar surface area (TPSA) is 103 Å². The molecule has 4 unspecified atom stereocenters. The summed E-state index contributed by atoms with van der Waals surface area (Å²) in [5.41, 5.74) is 4.98. The number of benzene rings is 1. The second kappa shape index (κ2) is 15.0. The molecule has 11 heteroatoms. The van der Waals surface area contributed by atoms with Crippen molar-refractivity contribution in [2.75, 3.05) is 14.2 Å². The van der Waals surface area contributed by atoms with Crippen molar-refractivity contribution < 1.29 is 69.7 Å². The molecule has 1 heterocycles. The summed E-state index contributed by atoms with van der Waals surface area (Å²) in [5.74, 6) is 12.6. The fraction of sp³-hybridized carbons (Fsp3) is 0.519. The zero-order valence-corrected chi connectivity index (χ0v) is 26.8. The molecule has 1 spiro atoms. The fourth-order valence-electron chi connectivity index (χ4n) is 4.25. The molecule has 4 rings (SSSR count). The molecule has 0 radical (unpaired) electrons. The molecule has 2 aliphatic carbocycles. The van der Waals surface area contributed by atoms with Crippen molar-refractivity contribution in [2.24, 2.45) is 17.2 Å². The predicted octanol–water partition coefficient (Wildman–Crippen LogP) is 1.86. The largest absolute Gasteiger partial charge is 1.00 e. The van der Waals surface area contributed by atoms with E-state index in [9.17, 15) is 13.6 Å². The van der Waals surface area contributed by atoms with Crippen molar-refractivity contribution in [3.63, 3.8) is 0 Å². The summed E-state index contributed by atoms with van der Waals surface area (Å²) in [6, 6.07) is 3.84. The smallest absolute Gasteiger partial charge is 0.687 e. The Labute approximate surface area is 271 Å². The number of nitrogens with zero attached hydrogens (tertiary/aromatic N) is 1. The maximum Gasteiger partial charge on any atom is 1.00 e. The van der Waals surface area contributed by atoms with Gasteiger partial charge in [0.25, 0.3) is 12.3 Å². The fourth-order valence-corrected chi connectivity index (χ4v) is 5.04. The van der Waals surface area contributed by atoms with E-state index in [1.165, 1.54) is 50.4 Å². The average molecular weight is 572 g/mol. The van der Waals surface area contributed by atoms with Gasteiger partial charge in [-0.3, -0.25) is 10.6 Å². The molecule has 0 aromatic heterocycles. The molecular weight excluding hydrogens is 535 g/mol. The molecule has 2 saturated carbocycles. The molecule has 2 fully saturated rings. The van der Waals surface area contributed by atoms with E-state index in [4.69, 9.17) is 10.6 Å². The zero-order valence-electron chi connectivity index (χ0n) is 22.9. The van der Waals surface area contributed by atoms with E-state index >= 15 is 0 Å². The molecule has 1 aromatic carbocycles. The third-order valence-electron chi connectivity index (χ3n) is 6.60. The van der Waals surface area contributed by atoms with E-state index in [2.05, 4.69) is 33.2 Å². The monoisotopic (exact) mass is 571 g/mol. The maximum atomic E-state index is 13.4. The number of ether oxygens (including phenoxy) is 1. The van der Waals surface area contributed by atoms with Gasteiger partial charge >= 0.3 is 51.4 Å². The maximum absolute atomic E-state index is 13.4. The Balaban J connectivity index is 0.00000165. The number of carbonyl (C=O) groups is 1. The molecule has 3 aliphatic rings. The Morgan fingerprint density at radius 2 is 2.05 bits per heavy atom. The minimum absolute atomic E-state index is 0. The molecule has 0 bridgehead atoms. The van der Waals surface area contributed by atoms with Crippen molar-refractivity contribution in [1.82, 2.24) is 16.1 Å². The van der Waals surface area contributed by atoms with Gasteiger partial charge in [-0.05, 0) is 43.2 Å². The Morgan fingerprint density at radius 1 is 1.34 bits per heavy atom. The second-order valence-electron chi connectivity index (χ2n) is 8.98. The first-order valence-electron chi connectivity index (χ1n) is 12.5. The van der Waals surface area contributed by atoms with Crippen LogP contribution in [-0.4, -0.2) is 43.3 Å². The summed E-state index contributed by atoms with van der Waals surface area (Å²) < 4.78 is 32.3. The van der Waals surface area contributed by atoms with Crippen LogP contribution in [0.3, 0.4) is 0 Å². The quantitative estimate of drug-likeness (QED) is 0.119. The van der Waals surface area contributed by atoms with Gasteiger partial charge in [0.2, 0.25) is 0 Å². The molecule has 1 amide bonds. The van der Waals surface area contributed by atoms with Gasteiger partial charge < -0.3 is 20.7 Å². The van der Waals surface area contributed by atoms with E-state index in [1.807, 2.05) is 20.8 Å². The van der Waals surface area contributed by atoms with E-state index in [1.54, 1.807) is 25.2 Å². The van der Waals surface area contributed by atoms with Gasteiger partial charge in [-0.15, -0.1) is 24.5 Å². The summed E-state index contributed by atoms with van der Waals surface area (Å²) in [5, 5.41) is 9.10. The van der Waals surface area contributed by atoms with E-state index < -0.39 is 12.5 Å². The molecule has 38 heavy (non-hydrogen) atoms. The van der Waals surface area contributed by atoms with Crippen LogP contribution in [0.4, 0.5) is 14.5 Å². The predicted molar refractivity (Wildman–Crippen MR) is 146 cm³/mol. The van der Waals surface area contributed by atoms with E-state index in [0.29, 0.717) is 39.5 Å². The van der Waals surface area contributed by atoms with Crippen molar-refractivity contribution >= 4 is 28.9 Å². The van der Waals surface area contributed by atoms with Crippen LogP contribution in [0, 0.1) is 23.2 Å². The van der Waals surface area contributed by atoms with Crippen LogP contribution >= 0.6 is 11.8 Å². The van der Waals surface area contributed by atoms with Gasteiger partial charge in [-0.1, -0.05) is 43.9 Å². The molecular formula is C27H36F2KN5O2S. The Morgan fingerprint density at radius 3 is 2.61 bits per heavy atom. The van der Waals surface area contributed by atoms with Crippen molar-refractivity contribution in [2.45, 2.75) is 63.2 Å². The number of thioether (sulfide) groups is 1. The van der Waals surface area contributed by atoms with E-state index in [-0.39, 0.29) is 68.0 Å². The van der Waals surface area contributed by atoms with Gasteiger partial charge in [0.1, 0.15) is 17.2 Å². The molecule has 5 N–H and O–H groups in total. The number of carbonyl (C=O) groups excluding carboxylic acids is 1. The number of hydrogen-bond acceptors (Lipinski definition) is 6. The van der Waals surface area contributed by atoms with Crippen molar-refractivity contribution in [3.05, 3.63) is 52.7 Å². The molecule has 0 saturated heterocycles. The summed E-state index contributed by atoms with van der Waals surface area (Å²) in [4.78, 5) is 13.3. The minimum Gasteiger partial charge on any atom is -0.687 e. The van der Waals surface area contributed by atoms with Crippen LogP contribution in [0.25, 0.3) is 10.9 Å². The van der Waals surface area contributed by atoms with Crippen LogP contribution in [-0.2, 0) is 4.74 Å². The Bertz CT molecular complexity index is 1100. The Kier molecular flexibility index (Phi) is 13.1. The second-order valence-corrected chi connectivity index (χ2v) is 10.4. The number of hydrazine groups is 1. The Hall–Kier alpha value is -1.10. The molecule has 1 aliphatic heterocycles. The molecule has 7 nitrogen and oxygen atoms in total. The number of rotatable bonds is 9. The SMILES string of the molecule is CC.C[N-]c1ccc(C(=O)NC(C)SC(C#CC2CC23CC3)NN)c(C2=CC(C(F)F)NC=C2OC)c1.[K+].